The van der Waals surface area contributed by atoms with Gasteiger partial charge < -0.3 is 19.9 Å². The third kappa shape index (κ3) is 6.72. The van der Waals surface area contributed by atoms with Gasteiger partial charge in [-0.1, -0.05) is 12.1 Å². The van der Waals surface area contributed by atoms with Crippen LogP contribution in [0.4, 0.5) is 18.9 Å². The Kier molecular flexibility index (Phi) is 8.16. The third-order valence-corrected chi connectivity index (χ3v) is 6.10. The first-order valence-electron chi connectivity index (χ1n) is 10.3. The summed E-state index contributed by atoms with van der Waals surface area (Å²) in [5, 5.41) is 8.02. The molecule has 0 bridgehead atoms. The van der Waals surface area contributed by atoms with E-state index in [2.05, 4.69) is 27.3 Å². The van der Waals surface area contributed by atoms with Crippen molar-refractivity contribution in [1.82, 2.24) is 15.1 Å². The summed E-state index contributed by atoms with van der Waals surface area (Å²) in [5.41, 5.74) is 0.438. The number of carbonyl (C=O) groups is 1. The Morgan fingerprint density at radius 1 is 1.28 bits per heavy atom. The molecule has 0 spiro atoms. The van der Waals surface area contributed by atoms with Crippen LogP contribution in [0.3, 0.4) is 0 Å². The maximum atomic E-state index is 13.3. The number of carbonyl (C=O) groups excluding carboxylic acids is 1. The molecule has 0 aliphatic carbocycles. The van der Waals surface area contributed by atoms with Crippen LogP contribution in [0.25, 0.3) is 0 Å². The highest BCUT2D eigenvalue weighted by Crippen LogP contribution is 2.26. The van der Waals surface area contributed by atoms with E-state index >= 15 is 0 Å². The standard InChI is InChI=1S/C22H27F3N4O2S/c1-26-20(8-11-27-16-5-3-6-18(15-16)31-22(23,24)25)29(17-9-12-28(2)13-10-17)21(30)19-7-4-14-32-19/h3-8,11,14-15,17,20,26-27H,9-10,12-13H2,1-2H3/b11-8-. The van der Waals surface area contributed by atoms with Gasteiger partial charge in [0.25, 0.3) is 5.91 Å². The van der Waals surface area contributed by atoms with E-state index in [1.807, 2.05) is 22.4 Å². The van der Waals surface area contributed by atoms with Gasteiger partial charge in [-0.3, -0.25) is 10.1 Å². The van der Waals surface area contributed by atoms with Crippen LogP contribution >= 0.6 is 11.3 Å². The topological polar surface area (TPSA) is 56.8 Å². The van der Waals surface area contributed by atoms with E-state index in [-0.39, 0.29) is 23.9 Å². The number of hydrogen-bond donors (Lipinski definition) is 2. The maximum Gasteiger partial charge on any atom is 0.573 e. The number of benzene rings is 1. The van der Waals surface area contributed by atoms with Crippen molar-refractivity contribution in [3.05, 3.63) is 58.9 Å². The Balaban J connectivity index is 1.74. The largest absolute Gasteiger partial charge is 0.573 e. The van der Waals surface area contributed by atoms with E-state index in [0.717, 1.165) is 25.9 Å². The van der Waals surface area contributed by atoms with E-state index in [0.29, 0.717) is 10.6 Å². The molecule has 1 aromatic carbocycles. The van der Waals surface area contributed by atoms with Gasteiger partial charge in [0.15, 0.2) is 0 Å². The molecule has 1 fully saturated rings. The maximum absolute atomic E-state index is 13.3. The zero-order valence-corrected chi connectivity index (χ0v) is 18.7. The van der Waals surface area contributed by atoms with Gasteiger partial charge in [-0.05, 0) is 69.7 Å². The molecule has 174 valence electrons. The normalized spacial score (nSPS) is 16.8. The Labute approximate surface area is 189 Å². The summed E-state index contributed by atoms with van der Waals surface area (Å²) in [6, 6.07) is 9.35. The van der Waals surface area contributed by atoms with Crippen LogP contribution in [0.2, 0.25) is 0 Å². The number of alkyl halides is 3. The predicted molar refractivity (Wildman–Crippen MR) is 120 cm³/mol. The van der Waals surface area contributed by atoms with Gasteiger partial charge in [-0.15, -0.1) is 24.5 Å². The SMILES string of the molecule is CNC(/C=C\Nc1cccc(OC(F)(F)F)c1)N(C(=O)c1cccs1)C1CCN(C)CC1. The first kappa shape index (κ1) is 24.1. The highest BCUT2D eigenvalue weighted by molar-refractivity contribution is 7.12. The van der Waals surface area contributed by atoms with E-state index in [1.54, 1.807) is 25.4 Å². The number of likely N-dealkylation sites (N-methyl/N-ethyl adjacent to an activating group) is 1. The lowest BCUT2D eigenvalue weighted by Gasteiger charge is -2.40. The summed E-state index contributed by atoms with van der Waals surface area (Å²) in [6.45, 7) is 1.81. The van der Waals surface area contributed by atoms with Crippen LogP contribution in [0, 0.1) is 0 Å². The minimum absolute atomic E-state index is 0.0425. The highest BCUT2D eigenvalue weighted by Gasteiger charge is 2.32. The second kappa shape index (κ2) is 10.8. The summed E-state index contributed by atoms with van der Waals surface area (Å²) in [5.74, 6) is -0.346. The van der Waals surface area contributed by atoms with Gasteiger partial charge in [-0.25, -0.2) is 0 Å². The first-order valence-corrected chi connectivity index (χ1v) is 11.2. The molecule has 2 N–H and O–H groups in total. The van der Waals surface area contributed by atoms with Gasteiger partial charge in [0.1, 0.15) is 11.9 Å². The number of piperidine rings is 1. The lowest BCUT2D eigenvalue weighted by molar-refractivity contribution is -0.274. The highest BCUT2D eigenvalue weighted by atomic mass is 32.1. The van der Waals surface area contributed by atoms with Gasteiger partial charge in [0.05, 0.1) is 4.88 Å². The minimum atomic E-state index is -4.75. The number of likely N-dealkylation sites (tertiary alicyclic amines) is 1. The summed E-state index contributed by atoms with van der Waals surface area (Å²) in [4.78, 5) is 18.1. The van der Waals surface area contributed by atoms with Gasteiger partial charge in [0.2, 0.25) is 0 Å². The number of amides is 1. The quantitative estimate of drug-likeness (QED) is 0.564. The second-order valence-electron chi connectivity index (χ2n) is 7.54. The molecule has 0 saturated carbocycles. The third-order valence-electron chi connectivity index (χ3n) is 5.24. The zero-order chi connectivity index (χ0) is 23.1. The lowest BCUT2D eigenvalue weighted by atomic mass is 10.0. The number of anilines is 1. The van der Waals surface area contributed by atoms with Crippen molar-refractivity contribution in [2.75, 3.05) is 32.5 Å². The smallest absolute Gasteiger partial charge is 0.406 e. The van der Waals surface area contributed by atoms with Crippen molar-refractivity contribution in [2.45, 2.75) is 31.4 Å². The monoisotopic (exact) mass is 468 g/mol. The van der Waals surface area contributed by atoms with E-state index in [1.165, 1.54) is 29.5 Å². The van der Waals surface area contributed by atoms with Crippen molar-refractivity contribution in [3.8, 4) is 5.75 Å². The molecule has 32 heavy (non-hydrogen) atoms. The molecule has 3 rings (SSSR count). The molecule has 1 amide bonds. The summed E-state index contributed by atoms with van der Waals surface area (Å²) in [6.07, 6.45) is 0.00886. The molecule has 1 aliphatic heterocycles. The molecule has 1 aliphatic rings. The molecule has 10 heteroatoms. The molecular weight excluding hydrogens is 441 g/mol. The van der Waals surface area contributed by atoms with Crippen LogP contribution < -0.4 is 15.4 Å². The average molecular weight is 469 g/mol. The first-order chi connectivity index (χ1) is 15.3. The second-order valence-corrected chi connectivity index (χ2v) is 8.48. The summed E-state index contributed by atoms with van der Waals surface area (Å²) in [7, 11) is 3.84. The number of hydrogen-bond acceptors (Lipinski definition) is 6. The van der Waals surface area contributed by atoms with E-state index in [4.69, 9.17) is 0 Å². The molecular formula is C22H27F3N4O2S. The molecule has 0 radical (unpaired) electrons. The molecule has 2 aromatic rings. The Hall–Kier alpha value is -2.56. The fourth-order valence-corrected chi connectivity index (χ4v) is 4.33. The van der Waals surface area contributed by atoms with E-state index < -0.39 is 6.36 Å². The Morgan fingerprint density at radius 3 is 2.66 bits per heavy atom. The van der Waals surface area contributed by atoms with Crippen molar-refractivity contribution in [1.29, 1.82) is 0 Å². The summed E-state index contributed by atoms with van der Waals surface area (Å²) >= 11 is 1.40. The van der Waals surface area contributed by atoms with E-state index in [9.17, 15) is 18.0 Å². The van der Waals surface area contributed by atoms with Crippen LogP contribution in [-0.2, 0) is 0 Å². The fourth-order valence-electron chi connectivity index (χ4n) is 3.67. The van der Waals surface area contributed by atoms with Crippen molar-refractivity contribution in [2.24, 2.45) is 0 Å². The molecule has 1 unspecified atom stereocenters. The van der Waals surface area contributed by atoms with Crippen LogP contribution in [0.1, 0.15) is 22.5 Å². The van der Waals surface area contributed by atoms with Crippen molar-refractivity contribution < 1.29 is 22.7 Å². The molecule has 2 heterocycles. The number of thiophene rings is 1. The molecule has 1 atom stereocenters. The minimum Gasteiger partial charge on any atom is -0.406 e. The number of nitrogens with zero attached hydrogens (tertiary/aromatic N) is 2. The van der Waals surface area contributed by atoms with Crippen molar-refractivity contribution in [3.63, 3.8) is 0 Å². The molecule has 6 nitrogen and oxygen atoms in total. The van der Waals surface area contributed by atoms with Gasteiger partial charge in [0, 0.05) is 24.0 Å². The zero-order valence-electron chi connectivity index (χ0n) is 17.9. The lowest BCUT2D eigenvalue weighted by Crippen LogP contribution is -2.54. The molecule has 1 aromatic heterocycles. The van der Waals surface area contributed by atoms with Crippen LogP contribution in [0.5, 0.6) is 5.75 Å². The van der Waals surface area contributed by atoms with Crippen LogP contribution in [0.15, 0.2) is 54.1 Å². The number of nitrogens with one attached hydrogen (secondary N) is 2. The number of ether oxygens (including phenoxy) is 1. The van der Waals surface area contributed by atoms with Gasteiger partial charge >= 0.3 is 6.36 Å². The Morgan fingerprint density at radius 2 is 2.03 bits per heavy atom. The predicted octanol–water partition coefficient (Wildman–Crippen LogP) is 4.35. The summed E-state index contributed by atoms with van der Waals surface area (Å²) < 4.78 is 41.3. The number of rotatable bonds is 8. The van der Waals surface area contributed by atoms with Crippen LogP contribution in [-0.4, -0.2) is 61.5 Å². The van der Waals surface area contributed by atoms with Crippen molar-refractivity contribution >= 4 is 22.9 Å². The Bertz CT molecular complexity index is 897. The van der Waals surface area contributed by atoms with Gasteiger partial charge in [-0.2, -0.15) is 0 Å². The average Bonchev–Trinajstić information content (AvgIpc) is 3.28. The number of halogens is 3. The fraction of sp³-hybridized carbons (Fsp3) is 0.409. The molecule has 1 saturated heterocycles.